The first-order valence-electron chi connectivity index (χ1n) is 6.84. The topological polar surface area (TPSA) is 92.2 Å². The molecule has 108 valence electrons. The van der Waals surface area contributed by atoms with Crippen LogP contribution < -0.4 is 5.32 Å². The minimum atomic E-state index is -0.900. The van der Waals surface area contributed by atoms with E-state index in [0.29, 0.717) is 18.5 Å². The average molecular weight is 285 g/mol. The summed E-state index contributed by atoms with van der Waals surface area (Å²) in [6.45, 7) is 0. The van der Waals surface area contributed by atoms with Gasteiger partial charge in [0.15, 0.2) is 5.65 Å². The number of fused-ring (bicyclic) bond motifs is 1. The van der Waals surface area contributed by atoms with Gasteiger partial charge in [-0.2, -0.15) is 0 Å². The Morgan fingerprint density at radius 3 is 2.76 bits per heavy atom. The Hall–Kier alpha value is -2.50. The molecule has 0 saturated heterocycles. The highest BCUT2D eigenvalue weighted by Gasteiger charge is 2.40. The number of hydrogen-bond acceptors (Lipinski definition) is 4. The van der Waals surface area contributed by atoms with Gasteiger partial charge < -0.3 is 10.4 Å². The van der Waals surface area contributed by atoms with Crippen LogP contribution in [0.15, 0.2) is 30.5 Å². The van der Waals surface area contributed by atoms with Crippen molar-refractivity contribution in [2.24, 2.45) is 0 Å². The van der Waals surface area contributed by atoms with E-state index < -0.39 is 11.5 Å². The van der Waals surface area contributed by atoms with E-state index >= 15 is 0 Å². The lowest BCUT2D eigenvalue weighted by molar-refractivity contribution is -0.139. The number of carbonyl (C=O) groups is 2. The number of aromatic nitrogens is 2. The molecular formula is C15H15N3O3. The van der Waals surface area contributed by atoms with Gasteiger partial charge in [0.1, 0.15) is 5.69 Å². The summed E-state index contributed by atoms with van der Waals surface area (Å²) in [6.07, 6.45) is 3.88. The number of aliphatic carboxylic acids is 1. The molecule has 21 heavy (non-hydrogen) atoms. The summed E-state index contributed by atoms with van der Waals surface area (Å²) in [7, 11) is 0. The second kappa shape index (κ2) is 5.12. The highest BCUT2D eigenvalue weighted by Crippen LogP contribution is 2.35. The fraction of sp³-hybridized carbons (Fsp3) is 0.333. The number of hydrogen-bond donors (Lipinski definition) is 2. The average Bonchev–Trinajstić information content (AvgIpc) is 2.43. The third-order valence-electron chi connectivity index (χ3n) is 3.88. The molecule has 0 radical (unpaired) electrons. The fourth-order valence-electron chi connectivity index (χ4n) is 2.62. The van der Waals surface area contributed by atoms with Gasteiger partial charge in [0, 0.05) is 11.6 Å². The second-order valence-electron chi connectivity index (χ2n) is 5.41. The summed E-state index contributed by atoms with van der Waals surface area (Å²) in [5.41, 5.74) is 0.146. The molecule has 6 heteroatoms. The number of rotatable bonds is 4. The first-order chi connectivity index (χ1) is 10.1. The van der Waals surface area contributed by atoms with E-state index in [1.807, 2.05) is 6.07 Å². The number of pyridine rings is 2. The first kappa shape index (κ1) is 13.5. The SMILES string of the molecule is O=C(O)CC1(NC(=O)c2ccc3cccnc3n2)CCC1. The molecule has 1 saturated carbocycles. The lowest BCUT2D eigenvalue weighted by atomic mass is 9.74. The molecule has 0 bridgehead atoms. The summed E-state index contributed by atoms with van der Waals surface area (Å²) < 4.78 is 0. The van der Waals surface area contributed by atoms with Crippen LogP contribution in [0.25, 0.3) is 11.0 Å². The molecule has 2 N–H and O–H groups in total. The molecule has 1 amide bonds. The molecule has 0 atom stereocenters. The Morgan fingerprint density at radius 2 is 2.10 bits per heavy atom. The molecule has 6 nitrogen and oxygen atoms in total. The quantitative estimate of drug-likeness (QED) is 0.893. The minimum absolute atomic E-state index is 0.0510. The van der Waals surface area contributed by atoms with Crippen LogP contribution in [0.2, 0.25) is 0 Å². The molecule has 0 aliphatic heterocycles. The van der Waals surface area contributed by atoms with Crippen molar-refractivity contribution in [3.63, 3.8) is 0 Å². The summed E-state index contributed by atoms with van der Waals surface area (Å²) in [6, 6.07) is 7.09. The molecule has 3 rings (SSSR count). The molecule has 1 aliphatic carbocycles. The molecule has 2 aromatic heterocycles. The van der Waals surface area contributed by atoms with Crippen LogP contribution in [0, 0.1) is 0 Å². The standard InChI is InChI=1S/C15H15N3O3/c19-12(20)9-15(6-2-7-15)18-14(21)11-5-4-10-3-1-8-16-13(10)17-11/h1,3-5,8H,2,6-7,9H2,(H,18,21)(H,19,20). The van der Waals surface area contributed by atoms with Crippen molar-refractivity contribution in [2.45, 2.75) is 31.2 Å². The van der Waals surface area contributed by atoms with Gasteiger partial charge in [0.2, 0.25) is 0 Å². The van der Waals surface area contributed by atoms with Crippen LogP contribution in [0.4, 0.5) is 0 Å². The molecule has 0 spiro atoms. The molecule has 1 aliphatic rings. The van der Waals surface area contributed by atoms with Crippen molar-refractivity contribution in [1.29, 1.82) is 0 Å². The maximum atomic E-state index is 12.3. The lowest BCUT2D eigenvalue weighted by Gasteiger charge is -2.41. The number of carboxylic acids is 1. The zero-order valence-electron chi connectivity index (χ0n) is 11.4. The van der Waals surface area contributed by atoms with Crippen LogP contribution in [0.3, 0.4) is 0 Å². The third kappa shape index (κ3) is 2.69. The zero-order chi connectivity index (χ0) is 14.9. The van der Waals surface area contributed by atoms with Crippen molar-refractivity contribution >= 4 is 22.9 Å². The molecule has 2 heterocycles. The Kier molecular flexibility index (Phi) is 3.29. The summed E-state index contributed by atoms with van der Waals surface area (Å²) >= 11 is 0. The molecule has 0 unspecified atom stereocenters. The van der Waals surface area contributed by atoms with Crippen molar-refractivity contribution in [2.75, 3.05) is 0 Å². The number of nitrogens with zero attached hydrogens (tertiary/aromatic N) is 2. The van der Waals surface area contributed by atoms with Gasteiger partial charge in [0.25, 0.3) is 5.91 Å². The van der Waals surface area contributed by atoms with Crippen LogP contribution in [-0.4, -0.2) is 32.5 Å². The number of amides is 1. The summed E-state index contributed by atoms with van der Waals surface area (Å²) in [5.74, 6) is -1.24. The van der Waals surface area contributed by atoms with Gasteiger partial charge >= 0.3 is 5.97 Å². The van der Waals surface area contributed by atoms with Crippen molar-refractivity contribution < 1.29 is 14.7 Å². The minimum Gasteiger partial charge on any atom is -0.481 e. The van der Waals surface area contributed by atoms with Gasteiger partial charge in [-0.3, -0.25) is 9.59 Å². The first-order valence-corrected chi connectivity index (χ1v) is 6.84. The normalized spacial score (nSPS) is 16.2. The van der Waals surface area contributed by atoms with E-state index in [0.717, 1.165) is 11.8 Å². The molecular weight excluding hydrogens is 270 g/mol. The second-order valence-corrected chi connectivity index (χ2v) is 5.41. The Bertz CT molecular complexity index is 710. The van der Waals surface area contributed by atoms with Crippen molar-refractivity contribution in [3.05, 3.63) is 36.2 Å². The van der Waals surface area contributed by atoms with Gasteiger partial charge in [-0.15, -0.1) is 0 Å². The summed E-state index contributed by atoms with van der Waals surface area (Å²) in [4.78, 5) is 31.6. The predicted octanol–water partition coefficient (Wildman–Crippen LogP) is 1.76. The van der Waals surface area contributed by atoms with Crippen LogP contribution in [-0.2, 0) is 4.79 Å². The lowest BCUT2D eigenvalue weighted by Crippen LogP contribution is -2.54. The van der Waals surface area contributed by atoms with Crippen molar-refractivity contribution in [1.82, 2.24) is 15.3 Å². The van der Waals surface area contributed by atoms with E-state index in [9.17, 15) is 9.59 Å². The van der Waals surface area contributed by atoms with Gasteiger partial charge in [-0.1, -0.05) is 0 Å². The van der Waals surface area contributed by atoms with E-state index in [4.69, 9.17) is 5.11 Å². The molecule has 2 aromatic rings. The Morgan fingerprint density at radius 1 is 1.29 bits per heavy atom. The number of carbonyl (C=O) groups excluding carboxylic acids is 1. The largest absolute Gasteiger partial charge is 0.481 e. The molecule has 0 aromatic carbocycles. The van der Waals surface area contributed by atoms with Crippen LogP contribution >= 0.6 is 0 Å². The third-order valence-corrected chi connectivity index (χ3v) is 3.88. The van der Waals surface area contributed by atoms with Gasteiger partial charge in [-0.05, 0) is 43.5 Å². The highest BCUT2D eigenvalue weighted by molar-refractivity contribution is 5.95. The highest BCUT2D eigenvalue weighted by atomic mass is 16.4. The Balaban J connectivity index is 1.81. The summed E-state index contributed by atoms with van der Waals surface area (Å²) in [5, 5.41) is 12.7. The zero-order valence-corrected chi connectivity index (χ0v) is 11.4. The Labute approximate surface area is 121 Å². The van der Waals surface area contributed by atoms with E-state index in [-0.39, 0.29) is 18.0 Å². The van der Waals surface area contributed by atoms with E-state index in [2.05, 4.69) is 15.3 Å². The predicted molar refractivity (Wildman–Crippen MR) is 75.8 cm³/mol. The molecule has 1 fully saturated rings. The maximum absolute atomic E-state index is 12.3. The van der Waals surface area contributed by atoms with Crippen molar-refractivity contribution in [3.8, 4) is 0 Å². The monoisotopic (exact) mass is 285 g/mol. The van der Waals surface area contributed by atoms with E-state index in [1.165, 1.54) is 0 Å². The van der Waals surface area contributed by atoms with E-state index in [1.54, 1.807) is 24.4 Å². The van der Waals surface area contributed by atoms with Crippen LogP contribution in [0.1, 0.15) is 36.2 Å². The van der Waals surface area contributed by atoms with Gasteiger partial charge in [-0.25, -0.2) is 9.97 Å². The fourth-order valence-corrected chi connectivity index (χ4v) is 2.62. The number of carboxylic acid groups (broad SMARTS) is 1. The maximum Gasteiger partial charge on any atom is 0.305 e. The van der Waals surface area contributed by atoms with Crippen LogP contribution in [0.5, 0.6) is 0 Å². The smallest absolute Gasteiger partial charge is 0.305 e. The van der Waals surface area contributed by atoms with Gasteiger partial charge in [0.05, 0.1) is 12.0 Å². The number of nitrogens with one attached hydrogen (secondary N) is 1.